The Hall–Kier alpha value is -2.99. The zero-order valence-electron chi connectivity index (χ0n) is 24.8. The van der Waals surface area contributed by atoms with Gasteiger partial charge in [-0.25, -0.2) is 9.59 Å². The van der Waals surface area contributed by atoms with Gasteiger partial charge in [-0.3, -0.25) is 5.43 Å². The fourth-order valence-corrected chi connectivity index (χ4v) is 6.85. The first-order chi connectivity index (χ1) is 22.0. The highest BCUT2D eigenvalue weighted by Gasteiger charge is 2.32. The van der Waals surface area contributed by atoms with Crippen molar-refractivity contribution in [2.45, 2.75) is 32.7 Å². The highest BCUT2D eigenvalue weighted by molar-refractivity contribution is 14.1. The molecule has 11 nitrogen and oxygen atoms in total. The number of methoxy groups -OCH3 is 1. The molecule has 2 atom stereocenters. The number of nitrogens with zero attached hydrogens (tertiary/aromatic N) is 1. The van der Waals surface area contributed by atoms with Crippen molar-refractivity contribution in [3.8, 4) is 17.2 Å². The van der Waals surface area contributed by atoms with Crippen LogP contribution >= 0.6 is 68.4 Å². The van der Waals surface area contributed by atoms with Crippen LogP contribution in [0.5, 0.6) is 17.2 Å². The van der Waals surface area contributed by atoms with Gasteiger partial charge in [0.25, 0.3) is 0 Å². The third-order valence-electron chi connectivity index (χ3n) is 6.50. The van der Waals surface area contributed by atoms with Crippen LogP contribution in [-0.2, 0) is 16.1 Å². The Morgan fingerprint density at radius 2 is 1.80 bits per heavy atom. The molecule has 3 aromatic rings. The van der Waals surface area contributed by atoms with Crippen LogP contribution in [0.1, 0.15) is 36.6 Å². The van der Waals surface area contributed by atoms with Crippen LogP contribution in [0.4, 0.5) is 4.79 Å². The number of aliphatic hydroxyl groups is 1. The molecule has 3 aromatic carbocycles. The number of rotatable bonds is 13. The molecule has 0 saturated heterocycles. The molecule has 1 aliphatic rings. The summed E-state index contributed by atoms with van der Waals surface area (Å²) in [5.74, 6) is 0.890. The van der Waals surface area contributed by atoms with Crippen LogP contribution in [0.2, 0.25) is 10.0 Å². The van der Waals surface area contributed by atoms with Crippen molar-refractivity contribution in [1.29, 1.82) is 0 Å². The van der Waals surface area contributed by atoms with E-state index in [-0.39, 0.29) is 12.2 Å². The zero-order valence-corrected chi connectivity index (χ0v) is 30.7. The number of hydrogen-bond donors (Lipinski definition) is 4. The van der Waals surface area contributed by atoms with Gasteiger partial charge in [0, 0.05) is 5.70 Å². The number of aliphatic hydroxyl groups excluding tert-OH is 1. The lowest BCUT2D eigenvalue weighted by molar-refractivity contribution is -0.136. The van der Waals surface area contributed by atoms with Crippen LogP contribution in [-0.4, -0.2) is 49.9 Å². The molecule has 0 aliphatic carbocycles. The van der Waals surface area contributed by atoms with E-state index in [0.29, 0.717) is 46.0 Å². The van der Waals surface area contributed by atoms with Crippen LogP contribution in [0, 0.1) is 7.14 Å². The first kappa shape index (κ1) is 35.9. The largest absolute Gasteiger partial charge is 0.490 e. The Bertz CT molecular complexity index is 1650. The van der Waals surface area contributed by atoms with E-state index in [1.807, 2.05) is 25.1 Å². The van der Waals surface area contributed by atoms with Crippen molar-refractivity contribution in [3.05, 3.63) is 93.7 Å². The highest BCUT2D eigenvalue weighted by atomic mass is 127. The number of carbonyl (C=O) groups excluding carboxylic acids is 2. The molecule has 0 unspecified atom stereocenters. The molecule has 0 spiro atoms. The summed E-state index contributed by atoms with van der Waals surface area (Å²) in [5, 5.41) is 20.9. The van der Waals surface area contributed by atoms with Crippen molar-refractivity contribution in [2.75, 3.05) is 20.3 Å². The number of esters is 1. The Morgan fingerprint density at radius 1 is 1.07 bits per heavy atom. The first-order valence-corrected chi connectivity index (χ1v) is 16.7. The SMILES string of the molecule is CCOc1cc([C@H]2NC(=O)NC(C)=C2C(=O)OC)ccc1OC[C@H](O)N/N=C/c1cc(I)c(OCc2ccc(Cl)c(Cl)c2)c(I)c1. The van der Waals surface area contributed by atoms with Gasteiger partial charge >= 0.3 is 12.0 Å². The van der Waals surface area contributed by atoms with E-state index in [0.717, 1.165) is 24.0 Å². The van der Waals surface area contributed by atoms with E-state index in [2.05, 4.69) is 66.3 Å². The maximum absolute atomic E-state index is 12.5. The summed E-state index contributed by atoms with van der Waals surface area (Å²) in [7, 11) is 1.27. The minimum atomic E-state index is -1.14. The average Bonchev–Trinajstić information content (AvgIpc) is 3.01. The third kappa shape index (κ3) is 9.30. The summed E-state index contributed by atoms with van der Waals surface area (Å²) in [5.41, 5.74) is 5.59. The molecule has 0 aromatic heterocycles. The average molecular weight is 895 g/mol. The number of carbonyl (C=O) groups is 2. The quantitative estimate of drug-likeness (QED) is 0.0516. The minimum Gasteiger partial charge on any atom is -0.490 e. The number of ether oxygens (including phenoxy) is 4. The standard InChI is InChI=1S/C31H30Cl2I2N4O7/c1-4-44-25-12-19(28-27(30(41)43-3)16(2)37-31(42)38-28)6-8-24(25)45-15-26(40)39-36-13-18-10-22(34)29(23(35)11-18)46-14-17-5-7-20(32)21(33)9-17/h5-13,26,28,39-40H,4,14-15H2,1-3H3,(H2,37,38,42)/b36-13+/t26-,28+/m0/s1. The third-order valence-corrected chi connectivity index (χ3v) is 8.84. The molecule has 0 radical (unpaired) electrons. The Balaban J connectivity index is 1.37. The molecule has 46 heavy (non-hydrogen) atoms. The second kappa shape index (κ2) is 16.7. The number of hydrazone groups is 1. The number of allylic oxidation sites excluding steroid dienone is 1. The van der Waals surface area contributed by atoms with Crippen molar-refractivity contribution < 1.29 is 33.6 Å². The van der Waals surface area contributed by atoms with Crippen molar-refractivity contribution in [2.24, 2.45) is 5.10 Å². The van der Waals surface area contributed by atoms with Gasteiger partial charge in [0.15, 0.2) is 17.7 Å². The summed E-state index contributed by atoms with van der Waals surface area (Å²) in [6, 6.07) is 13.0. The number of hydrogen-bond acceptors (Lipinski definition) is 9. The zero-order chi connectivity index (χ0) is 33.4. The number of nitrogens with one attached hydrogen (secondary N) is 3. The fraction of sp³-hybridized carbons (Fsp3) is 0.258. The van der Waals surface area contributed by atoms with E-state index in [1.54, 1.807) is 43.5 Å². The van der Waals surface area contributed by atoms with Gasteiger partial charge in [0.05, 0.1) is 48.7 Å². The lowest BCUT2D eigenvalue weighted by Gasteiger charge is -2.28. The predicted octanol–water partition coefficient (Wildman–Crippen LogP) is 6.30. The van der Waals surface area contributed by atoms with Crippen molar-refractivity contribution >= 4 is 86.6 Å². The lowest BCUT2D eigenvalue weighted by atomic mass is 9.95. The molecule has 4 N–H and O–H groups in total. The lowest BCUT2D eigenvalue weighted by Crippen LogP contribution is -2.45. The molecule has 15 heteroatoms. The fourth-order valence-electron chi connectivity index (χ4n) is 4.40. The first-order valence-electron chi connectivity index (χ1n) is 13.8. The van der Waals surface area contributed by atoms with Gasteiger partial charge < -0.3 is 34.7 Å². The topological polar surface area (TPSA) is 140 Å². The summed E-state index contributed by atoms with van der Waals surface area (Å²) >= 11 is 16.5. The molecule has 1 aliphatic heterocycles. The molecule has 1 heterocycles. The predicted molar refractivity (Wildman–Crippen MR) is 192 cm³/mol. The smallest absolute Gasteiger partial charge is 0.337 e. The number of amides is 2. The van der Waals surface area contributed by atoms with Crippen LogP contribution in [0.25, 0.3) is 0 Å². The molecular weight excluding hydrogens is 865 g/mol. The second-order valence-corrected chi connectivity index (χ2v) is 12.9. The van der Waals surface area contributed by atoms with E-state index in [9.17, 15) is 14.7 Å². The van der Waals surface area contributed by atoms with E-state index in [4.69, 9.17) is 42.1 Å². The summed E-state index contributed by atoms with van der Waals surface area (Å²) in [4.78, 5) is 24.6. The maximum atomic E-state index is 12.5. The van der Waals surface area contributed by atoms with E-state index < -0.39 is 24.3 Å². The number of urea groups is 1. The maximum Gasteiger partial charge on any atom is 0.337 e. The van der Waals surface area contributed by atoms with Gasteiger partial charge in [0.2, 0.25) is 0 Å². The van der Waals surface area contributed by atoms with E-state index in [1.165, 1.54) is 7.11 Å². The second-order valence-electron chi connectivity index (χ2n) is 9.77. The Kier molecular flexibility index (Phi) is 13.0. The van der Waals surface area contributed by atoms with Crippen molar-refractivity contribution in [3.63, 3.8) is 0 Å². The Labute approximate surface area is 303 Å². The monoisotopic (exact) mass is 894 g/mol. The summed E-state index contributed by atoms with van der Waals surface area (Å²) in [6.45, 7) is 3.96. The molecule has 244 valence electrons. The number of halogens is 4. The molecular formula is C31H30Cl2I2N4O7. The Morgan fingerprint density at radius 3 is 2.48 bits per heavy atom. The van der Waals surface area contributed by atoms with Crippen LogP contribution in [0.15, 0.2) is 64.9 Å². The highest BCUT2D eigenvalue weighted by Crippen LogP contribution is 2.35. The van der Waals surface area contributed by atoms with E-state index >= 15 is 0 Å². The molecule has 0 saturated carbocycles. The van der Waals surface area contributed by atoms with Crippen molar-refractivity contribution in [1.82, 2.24) is 16.1 Å². The summed E-state index contributed by atoms with van der Waals surface area (Å²) < 4.78 is 24.3. The number of benzene rings is 3. The molecule has 0 bridgehead atoms. The van der Waals surface area contributed by atoms with Crippen LogP contribution in [0.3, 0.4) is 0 Å². The van der Waals surface area contributed by atoms with Gasteiger partial charge in [-0.1, -0.05) is 35.3 Å². The van der Waals surface area contributed by atoms with Gasteiger partial charge in [-0.15, -0.1) is 0 Å². The van der Waals surface area contributed by atoms with Gasteiger partial charge in [-0.05, 0) is 112 Å². The molecule has 4 rings (SSSR count). The minimum absolute atomic E-state index is 0.149. The summed E-state index contributed by atoms with van der Waals surface area (Å²) in [6.07, 6.45) is 0.441. The van der Waals surface area contributed by atoms with Crippen LogP contribution < -0.4 is 30.3 Å². The van der Waals surface area contributed by atoms with Gasteiger partial charge in [-0.2, -0.15) is 5.10 Å². The van der Waals surface area contributed by atoms with Gasteiger partial charge in [0.1, 0.15) is 19.0 Å². The normalized spacial score (nSPS) is 15.2. The molecule has 0 fully saturated rings. The molecule has 2 amide bonds.